The molecule has 1 fully saturated rings. The zero-order valence-electron chi connectivity index (χ0n) is 13.5. The number of urea groups is 1. The van der Waals surface area contributed by atoms with Gasteiger partial charge in [-0.2, -0.15) is 0 Å². The van der Waals surface area contributed by atoms with Crippen molar-refractivity contribution < 1.29 is 9.53 Å². The Morgan fingerprint density at radius 1 is 1.39 bits per heavy atom. The average molecular weight is 313 g/mol. The first-order valence-electron chi connectivity index (χ1n) is 8.28. The summed E-state index contributed by atoms with van der Waals surface area (Å²) in [6, 6.07) is 7.69. The zero-order valence-corrected chi connectivity index (χ0v) is 13.5. The predicted octanol–water partition coefficient (Wildman–Crippen LogP) is 3.66. The quantitative estimate of drug-likeness (QED) is 0.937. The fraction of sp³-hybridized carbons (Fsp3) is 0.444. The maximum absolute atomic E-state index is 12.6. The third kappa shape index (κ3) is 3.79. The van der Waals surface area contributed by atoms with E-state index in [2.05, 4.69) is 10.3 Å². The molecule has 0 aliphatic carbocycles. The number of carbonyl (C=O) groups excluding carboxylic acids is 1. The van der Waals surface area contributed by atoms with E-state index in [1.54, 1.807) is 12.4 Å². The van der Waals surface area contributed by atoms with Crippen molar-refractivity contribution in [1.82, 2.24) is 9.88 Å². The lowest BCUT2D eigenvalue weighted by Gasteiger charge is -2.29. The highest BCUT2D eigenvalue weighted by Gasteiger charge is 2.20. The van der Waals surface area contributed by atoms with Gasteiger partial charge in [-0.3, -0.25) is 4.98 Å². The van der Waals surface area contributed by atoms with E-state index in [1.165, 1.54) is 6.42 Å². The molecule has 0 spiro atoms. The molecule has 1 aliphatic heterocycles. The monoisotopic (exact) mass is 313 g/mol. The summed E-state index contributed by atoms with van der Waals surface area (Å²) in [6.45, 7) is 4.11. The molecule has 23 heavy (non-hydrogen) atoms. The van der Waals surface area contributed by atoms with E-state index in [-0.39, 0.29) is 12.1 Å². The zero-order chi connectivity index (χ0) is 16.1. The Balaban J connectivity index is 1.70. The summed E-state index contributed by atoms with van der Waals surface area (Å²) < 4.78 is 5.75. The van der Waals surface area contributed by atoms with Gasteiger partial charge < -0.3 is 15.0 Å². The number of benzene rings is 1. The number of fused-ring (bicyclic) bond motifs is 1. The number of aromatic nitrogens is 1. The van der Waals surface area contributed by atoms with Crippen LogP contribution in [0.3, 0.4) is 0 Å². The first-order valence-corrected chi connectivity index (χ1v) is 8.28. The molecule has 2 aromatic rings. The van der Waals surface area contributed by atoms with Crippen LogP contribution in [0, 0.1) is 0 Å². The third-order valence-electron chi connectivity index (χ3n) is 4.29. The molecule has 1 aromatic carbocycles. The van der Waals surface area contributed by atoms with Gasteiger partial charge in [-0.1, -0.05) is 12.1 Å². The first kappa shape index (κ1) is 15.7. The van der Waals surface area contributed by atoms with Crippen LogP contribution in [0.15, 0.2) is 36.7 Å². The minimum Gasteiger partial charge on any atom is -0.376 e. The maximum Gasteiger partial charge on any atom is 0.321 e. The van der Waals surface area contributed by atoms with Gasteiger partial charge in [0.1, 0.15) is 0 Å². The molecule has 5 heteroatoms. The number of nitrogens with zero attached hydrogens (tertiary/aromatic N) is 2. The van der Waals surface area contributed by atoms with Crippen LogP contribution in [-0.2, 0) is 4.74 Å². The molecule has 2 amide bonds. The fourth-order valence-electron chi connectivity index (χ4n) is 2.98. The first-order chi connectivity index (χ1) is 11.3. The van der Waals surface area contributed by atoms with Crippen LogP contribution in [0.5, 0.6) is 0 Å². The van der Waals surface area contributed by atoms with Crippen molar-refractivity contribution in [3.63, 3.8) is 0 Å². The Kier molecular flexibility index (Phi) is 5.08. The van der Waals surface area contributed by atoms with Crippen LogP contribution in [-0.4, -0.2) is 41.7 Å². The van der Waals surface area contributed by atoms with E-state index in [9.17, 15) is 4.79 Å². The number of ether oxygens (including phenoxy) is 1. The molecule has 1 aromatic heterocycles. The number of likely N-dealkylation sites (N-methyl/N-ethyl adjacent to an activating group) is 1. The van der Waals surface area contributed by atoms with E-state index in [4.69, 9.17) is 4.74 Å². The molecule has 1 aliphatic rings. The van der Waals surface area contributed by atoms with Crippen molar-refractivity contribution in [3.8, 4) is 0 Å². The van der Waals surface area contributed by atoms with Crippen molar-refractivity contribution in [2.75, 3.05) is 25.0 Å². The predicted molar refractivity (Wildman–Crippen MR) is 91.6 cm³/mol. The SMILES string of the molecule is CCN(C[C@H]1CCCCO1)C(=O)Nc1cccc2cnccc12. The van der Waals surface area contributed by atoms with Crippen molar-refractivity contribution >= 4 is 22.5 Å². The summed E-state index contributed by atoms with van der Waals surface area (Å²) in [5.41, 5.74) is 0.818. The van der Waals surface area contributed by atoms with Crippen LogP contribution in [0.1, 0.15) is 26.2 Å². The van der Waals surface area contributed by atoms with E-state index in [1.807, 2.05) is 36.1 Å². The van der Waals surface area contributed by atoms with E-state index >= 15 is 0 Å². The smallest absolute Gasteiger partial charge is 0.321 e. The van der Waals surface area contributed by atoms with Crippen LogP contribution < -0.4 is 5.32 Å². The highest BCUT2D eigenvalue weighted by Crippen LogP contribution is 2.22. The molecule has 5 nitrogen and oxygen atoms in total. The number of anilines is 1. The molecule has 1 N–H and O–H groups in total. The van der Waals surface area contributed by atoms with Crippen molar-refractivity contribution in [2.45, 2.75) is 32.3 Å². The minimum atomic E-state index is -0.0778. The van der Waals surface area contributed by atoms with Gasteiger partial charge in [-0.25, -0.2) is 4.79 Å². The second-order valence-electron chi connectivity index (χ2n) is 5.86. The van der Waals surface area contributed by atoms with Gasteiger partial charge in [0, 0.05) is 42.9 Å². The van der Waals surface area contributed by atoms with E-state index in [0.717, 1.165) is 35.9 Å². The fourth-order valence-corrected chi connectivity index (χ4v) is 2.98. The second-order valence-corrected chi connectivity index (χ2v) is 5.86. The normalized spacial score (nSPS) is 17.9. The lowest BCUT2D eigenvalue weighted by atomic mass is 10.1. The van der Waals surface area contributed by atoms with Crippen LogP contribution in [0.25, 0.3) is 10.8 Å². The number of carbonyl (C=O) groups is 1. The molecule has 0 radical (unpaired) electrons. The minimum absolute atomic E-state index is 0.0778. The lowest BCUT2D eigenvalue weighted by molar-refractivity contribution is 0.00221. The van der Waals surface area contributed by atoms with Gasteiger partial charge >= 0.3 is 6.03 Å². The summed E-state index contributed by atoms with van der Waals surface area (Å²) >= 11 is 0. The molecule has 0 bridgehead atoms. The number of hydrogen-bond acceptors (Lipinski definition) is 3. The number of hydrogen-bond donors (Lipinski definition) is 1. The standard InChI is InChI=1S/C18H23N3O2/c1-2-21(13-15-7-3-4-11-23-15)18(22)20-17-8-5-6-14-12-19-10-9-16(14)17/h5-6,8-10,12,15H,2-4,7,11,13H2,1H3,(H,20,22)/t15-/m1/s1. The third-order valence-corrected chi connectivity index (χ3v) is 4.29. The molecule has 122 valence electrons. The summed E-state index contributed by atoms with van der Waals surface area (Å²) in [5.74, 6) is 0. The van der Waals surface area contributed by atoms with Crippen LogP contribution >= 0.6 is 0 Å². The summed E-state index contributed by atoms with van der Waals surface area (Å²) in [4.78, 5) is 18.5. The molecule has 0 saturated carbocycles. The van der Waals surface area contributed by atoms with Gasteiger partial charge in [0.15, 0.2) is 0 Å². The Morgan fingerprint density at radius 2 is 2.30 bits per heavy atom. The van der Waals surface area contributed by atoms with Crippen LogP contribution in [0.4, 0.5) is 10.5 Å². The number of pyridine rings is 1. The largest absolute Gasteiger partial charge is 0.376 e. The number of amides is 2. The van der Waals surface area contributed by atoms with Gasteiger partial charge in [0.05, 0.1) is 11.8 Å². The summed E-state index contributed by atoms with van der Waals surface area (Å²) in [5, 5.41) is 5.05. The lowest BCUT2D eigenvalue weighted by Crippen LogP contribution is -2.41. The Morgan fingerprint density at radius 3 is 3.09 bits per heavy atom. The summed E-state index contributed by atoms with van der Waals surface area (Å²) in [6.07, 6.45) is 7.04. The molecule has 0 unspecified atom stereocenters. The molecule has 3 rings (SSSR count). The van der Waals surface area contributed by atoms with Crippen LogP contribution in [0.2, 0.25) is 0 Å². The van der Waals surface area contributed by atoms with Gasteiger partial charge in [0.2, 0.25) is 0 Å². The average Bonchev–Trinajstić information content (AvgIpc) is 2.61. The molecular formula is C18H23N3O2. The number of nitrogens with one attached hydrogen (secondary N) is 1. The van der Waals surface area contributed by atoms with Gasteiger partial charge in [-0.05, 0) is 38.3 Å². The molecule has 1 atom stereocenters. The van der Waals surface area contributed by atoms with Crippen molar-refractivity contribution in [2.24, 2.45) is 0 Å². The molecule has 2 heterocycles. The number of rotatable bonds is 4. The van der Waals surface area contributed by atoms with Gasteiger partial charge in [0.25, 0.3) is 0 Å². The van der Waals surface area contributed by atoms with E-state index in [0.29, 0.717) is 13.1 Å². The Bertz CT molecular complexity index is 663. The summed E-state index contributed by atoms with van der Waals surface area (Å²) in [7, 11) is 0. The van der Waals surface area contributed by atoms with E-state index < -0.39 is 0 Å². The van der Waals surface area contributed by atoms with Crippen molar-refractivity contribution in [3.05, 3.63) is 36.7 Å². The topological polar surface area (TPSA) is 54.5 Å². The molecular weight excluding hydrogens is 290 g/mol. The second kappa shape index (κ2) is 7.42. The van der Waals surface area contributed by atoms with Gasteiger partial charge in [-0.15, -0.1) is 0 Å². The van der Waals surface area contributed by atoms with Crippen molar-refractivity contribution in [1.29, 1.82) is 0 Å². The Labute approximate surface area is 136 Å². The highest BCUT2D eigenvalue weighted by atomic mass is 16.5. The highest BCUT2D eigenvalue weighted by molar-refractivity contribution is 6.01. The maximum atomic E-state index is 12.6. The molecule has 1 saturated heterocycles. The Hall–Kier alpha value is -2.14.